The molecular formula is C20H20N2O3. The molecular weight excluding hydrogens is 316 g/mol. The lowest BCUT2D eigenvalue weighted by Crippen LogP contribution is -2.38. The second-order valence-corrected chi connectivity index (χ2v) is 6.60. The molecule has 0 radical (unpaired) electrons. The fourth-order valence-corrected chi connectivity index (χ4v) is 3.94. The Hall–Kier alpha value is -2.66. The maximum Gasteiger partial charge on any atom is 0.336 e. The van der Waals surface area contributed by atoms with Crippen LogP contribution in [0.15, 0.2) is 48.5 Å². The van der Waals surface area contributed by atoms with E-state index >= 15 is 0 Å². The maximum atomic E-state index is 13.0. The van der Waals surface area contributed by atoms with Crippen molar-refractivity contribution >= 4 is 11.9 Å². The minimum absolute atomic E-state index is 0.0207. The lowest BCUT2D eigenvalue weighted by atomic mass is 10.1. The number of carbonyl (C=O) groups is 2. The molecule has 1 fully saturated rings. The van der Waals surface area contributed by atoms with E-state index < -0.39 is 5.97 Å². The summed E-state index contributed by atoms with van der Waals surface area (Å²) >= 11 is 0. The summed E-state index contributed by atoms with van der Waals surface area (Å²) in [6, 6.07) is 14.6. The molecule has 2 aromatic rings. The number of aromatic carboxylic acids is 1. The lowest BCUT2D eigenvalue weighted by Gasteiger charge is -2.33. The van der Waals surface area contributed by atoms with Crippen molar-refractivity contribution in [2.45, 2.75) is 25.6 Å². The number of amides is 1. The SMILES string of the molecule is O=C(O)c1ccccc1CN1C(=O)c2ccccc2C1N1CCCC1. The normalized spacial score (nSPS) is 20.1. The molecule has 1 N–H and O–H groups in total. The summed E-state index contributed by atoms with van der Waals surface area (Å²) in [4.78, 5) is 28.7. The molecule has 0 bridgehead atoms. The van der Waals surface area contributed by atoms with Crippen molar-refractivity contribution in [2.24, 2.45) is 0 Å². The minimum Gasteiger partial charge on any atom is -0.478 e. The molecule has 5 heteroatoms. The molecule has 5 nitrogen and oxygen atoms in total. The molecule has 2 aliphatic rings. The summed E-state index contributed by atoms with van der Waals surface area (Å²) in [6.45, 7) is 2.23. The van der Waals surface area contributed by atoms with Gasteiger partial charge in [0.05, 0.1) is 5.56 Å². The van der Waals surface area contributed by atoms with Crippen molar-refractivity contribution in [1.29, 1.82) is 0 Å². The van der Waals surface area contributed by atoms with Gasteiger partial charge in [0.1, 0.15) is 6.17 Å². The van der Waals surface area contributed by atoms with Crippen LogP contribution in [0.3, 0.4) is 0 Å². The fraction of sp³-hybridized carbons (Fsp3) is 0.300. The molecule has 0 saturated carbocycles. The molecule has 2 heterocycles. The quantitative estimate of drug-likeness (QED) is 0.932. The standard InChI is InChI=1S/C20H20N2O3/c23-19-17-10-4-3-9-16(17)18(21-11-5-6-12-21)22(19)13-14-7-1-2-8-15(14)20(24)25/h1-4,7-10,18H,5-6,11-13H2,(H,24,25). The van der Waals surface area contributed by atoms with Gasteiger partial charge in [-0.25, -0.2) is 4.79 Å². The summed E-state index contributed by atoms with van der Waals surface area (Å²) in [6.07, 6.45) is 2.16. The molecule has 1 unspecified atom stereocenters. The molecule has 1 amide bonds. The summed E-state index contributed by atoms with van der Waals surface area (Å²) < 4.78 is 0. The average Bonchev–Trinajstić information content (AvgIpc) is 3.23. The topological polar surface area (TPSA) is 60.9 Å². The number of fused-ring (bicyclic) bond motifs is 1. The van der Waals surface area contributed by atoms with Gasteiger partial charge in [0.25, 0.3) is 5.91 Å². The fourth-order valence-electron chi connectivity index (χ4n) is 3.94. The van der Waals surface area contributed by atoms with Crippen LogP contribution in [0.5, 0.6) is 0 Å². The van der Waals surface area contributed by atoms with Crippen molar-refractivity contribution < 1.29 is 14.7 Å². The van der Waals surface area contributed by atoms with Crippen molar-refractivity contribution in [1.82, 2.24) is 9.80 Å². The number of rotatable bonds is 4. The smallest absolute Gasteiger partial charge is 0.336 e. The van der Waals surface area contributed by atoms with Crippen molar-refractivity contribution in [3.05, 3.63) is 70.8 Å². The molecule has 1 atom stereocenters. The number of carboxylic acids is 1. The van der Waals surface area contributed by atoms with Crippen LogP contribution in [0, 0.1) is 0 Å². The molecule has 4 rings (SSSR count). The van der Waals surface area contributed by atoms with E-state index in [4.69, 9.17) is 0 Å². The molecule has 1 saturated heterocycles. The van der Waals surface area contributed by atoms with Crippen LogP contribution in [0.1, 0.15) is 50.9 Å². The Balaban J connectivity index is 1.73. The van der Waals surface area contributed by atoms with Gasteiger partial charge in [-0.05, 0) is 30.5 Å². The maximum absolute atomic E-state index is 13.0. The largest absolute Gasteiger partial charge is 0.478 e. The summed E-state index contributed by atoms with van der Waals surface area (Å²) in [5, 5.41) is 9.44. The number of hydrogen-bond donors (Lipinski definition) is 1. The predicted molar refractivity (Wildman–Crippen MR) is 93.3 cm³/mol. The highest BCUT2D eigenvalue weighted by molar-refractivity contribution is 5.99. The zero-order valence-corrected chi connectivity index (χ0v) is 13.9. The van der Waals surface area contributed by atoms with Crippen LogP contribution >= 0.6 is 0 Å². The van der Waals surface area contributed by atoms with E-state index in [0.717, 1.165) is 37.1 Å². The van der Waals surface area contributed by atoms with E-state index in [-0.39, 0.29) is 17.6 Å². The molecule has 2 aliphatic heterocycles. The Labute approximate surface area is 146 Å². The second kappa shape index (κ2) is 6.33. The highest BCUT2D eigenvalue weighted by atomic mass is 16.4. The first-order valence-electron chi connectivity index (χ1n) is 8.62. The summed E-state index contributed by atoms with van der Waals surface area (Å²) in [5.74, 6) is -0.981. The van der Waals surface area contributed by atoms with Gasteiger partial charge in [0.15, 0.2) is 0 Å². The number of carbonyl (C=O) groups excluding carboxylic acids is 1. The van der Waals surface area contributed by atoms with Crippen molar-refractivity contribution in [3.8, 4) is 0 Å². The highest BCUT2D eigenvalue weighted by Crippen LogP contribution is 2.38. The van der Waals surface area contributed by atoms with Gasteiger partial charge < -0.3 is 10.0 Å². The first-order chi connectivity index (χ1) is 12.2. The average molecular weight is 336 g/mol. The molecule has 25 heavy (non-hydrogen) atoms. The van der Waals surface area contributed by atoms with Gasteiger partial charge in [-0.1, -0.05) is 36.4 Å². The first-order valence-corrected chi connectivity index (χ1v) is 8.62. The Morgan fingerprint density at radius 3 is 2.48 bits per heavy atom. The Morgan fingerprint density at radius 1 is 1.04 bits per heavy atom. The van der Waals surface area contributed by atoms with Crippen LogP contribution in [0.2, 0.25) is 0 Å². The van der Waals surface area contributed by atoms with Crippen LogP contribution < -0.4 is 0 Å². The van der Waals surface area contributed by atoms with E-state index in [0.29, 0.717) is 12.1 Å². The molecule has 128 valence electrons. The van der Waals surface area contributed by atoms with E-state index in [2.05, 4.69) is 4.90 Å². The zero-order chi connectivity index (χ0) is 17.4. The van der Waals surface area contributed by atoms with E-state index in [9.17, 15) is 14.7 Å². The third-order valence-electron chi connectivity index (χ3n) is 5.10. The monoisotopic (exact) mass is 336 g/mol. The van der Waals surface area contributed by atoms with Gasteiger partial charge >= 0.3 is 5.97 Å². The lowest BCUT2D eigenvalue weighted by molar-refractivity contribution is 0.0436. The van der Waals surface area contributed by atoms with Crippen LogP contribution in [0.4, 0.5) is 0 Å². The molecule has 0 spiro atoms. The second-order valence-electron chi connectivity index (χ2n) is 6.60. The van der Waals surface area contributed by atoms with E-state index in [1.807, 2.05) is 35.2 Å². The van der Waals surface area contributed by atoms with Crippen molar-refractivity contribution in [3.63, 3.8) is 0 Å². The number of benzene rings is 2. The van der Waals surface area contributed by atoms with Gasteiger partial charge in [0, 0.05) is 30.8 Å². The van der Waals surface area contributed by atoms with Gasteiger partial charge in [0.2, 0.25) is 0 Å². The van der Waals surface area contributed by atoms with Crippen LogP contribution in [-0.2, 0) is 6.54 Å². The predicted octanol–water partition coefficient (Wildman–Crippen LogP) is 3.14. The number of likely N-dealkylation sites (tertiary alicyclic amines) is 1. The minimum atomic E-state index is -0.961. The third-order valence-corrected chi connectivity index (χ3v) is 5.10. The Kier molecular flexibility index (Phi) is 4.01. The molecule has 0 aromatic heterocycles. The van der Waals surface area contributed by atoms with Crippen LogP contribution in [-0.4, -0.2) is 39.9 Å². The van der Waals surface area contributed by atoms with Gasteiger partial charge in [-0.15, -0.1) is 0 Å². The van der Waals surface area contributed by atoms with Gasteiger partial charge in [-0.2, -0.15) is 0 Å². The van der Waals surface area contributed by atoms with E-state index in [1.165, 1.54) is 0 Å². The van der Waals surface area contributed by atoms with Crippen LogP contribution in [0.25, 0.3) is 0 Å². The highest BCUT2D eigenvalue weighted by Gasteiger charge is 2.40. The molecule has 0 aliphatic carbocycles. The number of carboxylic acid groups (broad SMARTS) is 1. The summed E-state index contributed by atoms with van der Waals surface area (Å²) in [7, 11) is 0. The number of nitrogens with zero attached hydrogens (tertiary/aromatic N) is 2. The summed E-state index contributed by atoms with van der Waals surface area (Å²) in [5.41, 5.74) is 2.68. The zero-order valence-electron chi connectivity index (χ0n) is 13.9. The Morgan fingerprint density at radius 2 is 1.72 bits per heavy atom. The molecule has 2 aromatic carbocycles. The van der Waals surface area contributed by atoms with E-state index in [1.54, 1.807) is 18.2 Å². The Bertz CT molecular complexity index is 827. The number of hydrogen-bond acceptors (Lipinski definition) is 3. The third kappa shape index (κ3) is 2.70. The van der Waals surface area contributed by atoms with Crippen molar-refractivity contribution in [2.75, 3.05) is 13.1 Å². The first kappa shape index (κ1) is 15.8. The van der Waals surface area contributed by atoms with Gasteiger partial charge in [-0.3, -0.25) is 9.69 Å².